The highest BCUT2D eigenvalue weighted by Crippen LogP contribution is 2.33. The molecule has 0 bridgehead atoms. The molecule has 1 aromatic carbocycles. The molecule has 1 aliphatic heterocycles. The van der Waals surface area contributed by atoms with Crippen LogP contribution in [0.1, 0.15) is 19.3 Å². The lowest BCUT2D eigenvalue weighted by Crippen LogP contribution is -2.33. The lowest BCUT2D eigenvalue weighted by atomic mass is 9.94. The number of aliphatic hydroxyl groups excluding tert-OH is 1. The number of thiazole rings is 1. The Kier molecular flexibility index (Phi) is 3.91. The molecule has 0 unspecified atom stereocenters. The first-order valence-corrected chi connectivity index (χ1v) is 7.87. The number of nitrogens with zero attached hydrogens (tertiary/aromatic N) is 2. The van der Waals surface area contributed by atoms with Gasteiger partial charge in [-0.1, -0.05) is 22.9 Å². The third-order valence-electron chi connectivity index (χ3n) is 3.76. The van der Waals surface area contributed by atoms with E-state index >= 15 is 0 Å². The van der Waals surface area contributed by atoms with Gasteiger partial charge < -0.3 is 10.0 Å². The lowest BCUT2D eigenvalue weighted by molar-refractivity contribution is 0.240. The number of anilines is 1. The third kappa shape index (κ3) is 2.86. The highest BCUT2D eigenvalue weighted by atomic mass is 35.5. The van der Waals surface area contributed by atoms with Crippen molar-refractivity contribution in [2.75, 3.05) is 24.6 Å². The van der Waals surface area contributed by atoms with Crippen LogP contribution >= 0.6 is 22.9 Å². The Bertz CT molecular complexity index is 564. The van der Waals surface area contributed by atoms with Gasteiger partial charge in [0.15, 0.2) is 5.13 Å². The molecule has 0 atom stereocenters. The van der Waals surface area contributed by atoms with Gasteiger partial charge in [0.2, 0.25) is 0 Å². The minimum Gasteiger partial charge on any atom is -0.396 e. The van der Waals surface area contributed by atoms with E-state index in [-0.39, 0.29) is 0 Å². The van der Waals surface area contributed by atoms with Crippen molar-refractivity contribution < 1.29 is 5.11 Å². The summed E-state index contributed by atoms with van der Waals surface area (Å²) in [6.45, 7) is 2.39. The molecule has 1 N–H and O–H groups in total. The van der Waals surface area contributed by atoms with E-state index in [1.54, 1.807) is 11.3 Å². The van der Waals surface area contributed by atoms with Gasteiger partial charge in [0, 0.05) is 24.7 Å². The smallest absolute Gasteiger partial charge is 0.186 e. The zero-order chi connectivity index (χ0) is 13.2. The third-order valence-corrected chi connectivity index (χ3v) is 5.09. The number of benzene rings is 1. The van der Waals surface area contributed by atoms with E-state index in [0.29, 0.717) is 12.5 Å². The van der Waals surface area contributed by atoms with Crippen molar-refractivity contribution >= 4 is 38.3 Å². The Labute approximate surface area is 121 Å². The van der Waals surface area contributed by atoms with Gasteiger partial charge >= 0.3 is 0 Å². The lowest BCUT2D eigenvalue weighted by Gasteiger charge is -2.31. The highest BCUT2D eigenvalue weighted by Gasteiger charge is 2.21. The standard InChI is InChI=1S/C14H17ClN2OS/c15-11-1-2-13-12(9-11)16-14(19-13)17-6-3-10(4-7-17)5-8-18/h1-2,9-10,18H,3-8H2. The molecule has 1 saturated heterocycles. The summed E-state index contributed by atoms with van der Waals surface area (Å²) < 4.78 is 1.19. The summed E-state index contributed by atoms with van der Waals surface area (Å²) in [6.07, 6.45) is 3.23. The van der Waals surface area contributed by atoms with E-state index < -0.39 is 0 Å². The molecule has 102 valence electrons. The van der Waals surface area contributed by atoms with Crippen molar-refractivity contribution in [2.24, 2.45) is 5.92 Å². The number of aromatic nitrogens is 1. The van der Waals surface area contributed by atoms with Gasteiger partial charge in [-0.2, -0.15) is 0 Å². The largest absolute Gasteiger partial charge is 0.396 e. The molecule has 1 aromatic heterocycles. The Morgan fingerprint density at radius 3 is 2.89 bits per heavy atom. The Morgan fingerprint density at radius 1 is 1.37 bits per heavy atom. The van der Waals surface area contributed by atoms with E-state index in [9.17, 15) is 0 Å². The number of piperidine rings is 1. The molecule has 0 spiro atoms. The monoisotopic (exact) mass is 296 g/mol. The van der Waals surface area contributed by atoms with Gasteiger partial charge in [0.05, 0.1) is 10.2 Å². The molecule has 0 amide bonds. The maximum absolute atomic E-state index is 8.99. The van der Waals surface area contributed by atoms with Gasteiger partial charge in [-0.3, -0.25) is 0 Å². The Morgan fingerprint density at radius 2 is 2.16 bits per heavy atom. The van der Waals surface area contributed by atoms with Crippen LogP contribution in [0.3, 0.4) is 0 Å². The average molecular weight is 297 g/mol. The number of aliphatic hydroxyl groups is 1. The SMILES string of the molecule is OCCC1CCN(c2nc3cc(Cl)ccc3s2)CC1. The number of fused-ring (bicyclic) bond motifs is 1. The van der Waals surface area contributed by atoms with E-state index in [1.807, 2.05) is 18.2 Å². The maximum atomic E-state index is 8.99. The van der Waals surface area contributed by atoms with Gasteiger partial charge in [-0.25, -0.2) is 4.98 Å². The first-order chi connectivity index (χ1) is 9.26. The summed E-state index contributed by atoms with van der Waals surface area (Å²) in [4.78, 5) is 7.03. The average Bonchev–Trinajstić information content (AvgIpc) is 2.83. The molecule has 3 rings (SSSR count). The molecule has 5 heteroatoms. The summed E-state index contributed by atoms with van der Waals surface area (Å²) in [6, 6.07) is 5.88. The number of halogens is 1. The molecule has 2 heterocycles. The van der Waals surface area contributed by atoms with Crippen molar-refractivity contribution in [1.29, 1.82) is 0 Å². The molecule has 2 aromatic rings. The second kappa shape index (κ2) is 5.65. The molecule has 0 aliphatic carbocycles. The van der Waals surface area contributed by atoms with Crippen LogP contribution in [-0.4, -0.2) is 29.8 Å². The minimum absolute atomic E-state index is 0.310. The van der Waals surface area contributed by atoms with Crippen molar-refractivity contribution in [3.8, 4) is 0 Å². The predicted molar refractivity (Wildman–Crippen MR) is 81.3 cm³/mol. The predicted octanol–water partition coefficient (Wildman–Crippen LogP) is 3.55. The van der Waals surface area contributed by atoms with Crippen molar-refractivity contribution in [1.82, 2.24) is 4.98 Å². The van der Waals surface area contributed by atoms with Gasteiger partial charge in [0.1, 0.15) is 0 Å². The van der Waals surface area contributed by atoms with Gasteiger partial charge in [-0.05, 0) is 43.4 Å². The first-order valence-electron chi connectivity index (χ1n) is 6.68. The Balaban J connectivity index is 1.74. The van der Waals surface area contributed by atoms with Crippen molar-refractivity contribution in [3.63, 3.8) is 0 Å². The van der Waals surface area contributed by atoms with E-state index in [0.717, 1.165) is 48.0 Å². The fraction of sp³-hybridized carbons (Fsp3) is 0.500. The van der Waals surface area contributed by atoms with Crippen molar-refractivity contribution in [3.05, 3.63) is 23.2 Å². The molecule has 3 nitrogen and oxygen atoms in total. The van der Waals surface area contributed by atoms with Crippen LogP contribution in [0, 0.1) is 5.92 Å². The fourth-order valence-corrected chi connectivity index (χ4v) is 3.78. The minimum atomic E-state index is 0.310. The highest BCUT2D eigenvalue weighted by molar-refractivity contribution is 7.22. The second-order valence-electron chi connectivity index (χ2n) is 5.05. The zero-order valence-corrected chi connectivity index (χ0v) is 12.3. The van der Waals surface area contributed by atoms with Crippen LogP contribution in [0.5, 0.6) is 0 Å². The fourth-order valence-electron chi connectivity index (χ4n) is 2.62. The van der Waals surface area contributed by atoms with Gasteiger partial charge in [-0.15, -0.1) is 0 Å². The molecule has 1 fully saturated rings. The van der Waals surface area contributed by atoms with Crippen LogP contribution in [0.2, 0.25) is 5.02 Å². The maximum Gasteiger partial charge on any atom is 0.186 e. The normalized spacial score (nSPS) is 17.3. The first kappa shape index (κ1) is 13.2. The number of rotatable bonds is 3. The molecule has 19 heavy (non-hydrogen) atoms. The van der Waals surface area contributed by atoms with Crippen LogP contribution in [-0.2, 0) is 0 Å². The topological polar surface area (TPSA) is 36.4 Å². The summed E-state index contributed by atoms with van der Waals surface area (Å²) in [5.74, 6) is 0.671. The second-order valence-corrected chi connectivity index (χ2v) is 6.50. The molecule has 0 saturated carbocycles. The van der Waals surface area contributed by atoms with E-state index in [4.69, 9.17) is 16.7 Å². The van der Waals surface area contributed by atoms with Crippen LogP contribution in [0.15, 0.2) is 18.2 Å². The van der Waals surface area contributed by atoms with E-state index in [2.05, 4.69) is 9.88 Å². The molecular formula is C14H17ClN2OS. The zero-order valence-electron chi connectivity index (χ0n) is 10.7. The summed E-state index contributed by atoms with van der Waals surface area (Å²) in [7, 11) is 0. The Hall–Kier alpha value is -0.840. The summed E-state index contributed by atoms with van der Waals surface area (Å²) >= 11 is 7.73. The van der Waals surface area contributed by atoms with Crippen LogP contribution < -0.4 is 4.90 Å². The number of hydrogen-bond donors (Lipinski definition) is 1. The van der Waals surface area contributed by atoms with Crippen LogP contribution in [0.25, 0.3) is 10.2 Å². The van der Waals surface area contributed by atoms with Crippen LogP contribution in [0.4, 0.5) is 5.13 Å². The molecular weight excluding hydrogens is 280 g/mol. The number of hydrogen-bond acceptors (Lipinski definition) is 4. The summed E-state index contributed by atoms with van der Waals surface area (Å²) in [5.41, 5.74) is 0.991. The van der Waals surface area contributed by atoms with Gasteiger partial charge in [0.25, 0.3) is 0 Å². The molecule has 0 radical (unpaired) electrons. The van der Waals surface area contributed by atoms with E-state index in [1.165, 1.54) is 4.70 Å². The quantitative estimate of drug-likeness (QED) is 0.941. The van der Waals surface area contributed by atoms with Crippen molar-refractivity contribution in [2.45, 2.75) is 19.3 Å². The molecule has 1 aliphatic rings. The summed E-state index contributed by atoms with van der Waals surface area (Å²) in [5, 5.41) is 10.8.